The lowest BCUT2D eigenvalue weighted by molar-refractivity contribution is -0.124. The molecule has 1 heterocycles. The highest BCUT2D eigenvalue weighted by Crippen LogP contribution is 2.09. The number of carbonyl (C=O) groups is 1. The van der Waals surface area contributed by atoms with E-state index in [2.05, 4.69) is 15.5 Å². The Morgan fingerprint density at radius 2 is 2.13 bits per heavy atom. The van der Waals surface area contributed by atoms with Gasteiger partial charge in [0.25, 0.3) is 0 Å². The van der Waals surface area contributed by atoms with E-state index in [1.54, 1.807) is 11.5 Å². The molecule has 5 nitrogen and oxygen atoms in total. The van der Waals surface area contributed by atoms with Crippen LogP contribution in [0.5, 0.6) is 0 Å². The lowest BCUT2D eigenvalue weighted by atomic mass is 10.2. The molecule has 0 bridgehead atoms. The fourth-order valence-electron chi connectivity index (χ4n) is 1.36. The second-order valence-corrected chi connectivity index (χ2v) is 4.17. The Morgan fingerprint density at radius 1 is 1.53 bits per heavy atom. The van der Waals surface area contributed by atoms with Crippen molar-refractivity contribution < 1.29 is 4.79 Å². The molecule has 0 aromatic carbocycles. The van der Waals surface area contributed by atoms with E-state index in [1.807, 2.05) is 20.8 Å². The molecule has 1 aromatic heterocycles. The normalized spacial score (nSPS) is 12.9. The first-order valence-corrected chi connectivity index (χ1v) is 5.28. The molecule has 1 unspecified atom stereocenters. The van der Waals surface area contributed by atoms with E-state index in [-0.39, 0.29) is 18.0 Å². The van der Waals surface area contributed by atoms with Crippen LogP contribution in [0.15, 0.2) is 0 Å². The summed E-state index contributed by atoms with van der Waals surface area (Å²) in [5.74, 6) is 0.664. The molecule has 1 rings (SSSR count). The Morgan fingerprint density at radius 3 is 2.53 bits per heavy atom. The van der Waals surface area contributed by atoms with Gasteiger partial charge in [0, 0.05) is 6.04 Å². The Hall–Kier alpha value is -1.17. The largest absolute Gasteiger partial charge is 0.352 e. The number of H-pyrrole nitrogens is 1. The number of nitrogens with one attached hydrogen (secondary N) is 2. The monoisotopic (exact) mass is 228 g/mol. The smallest absolute Gasteiger partial charge is 0.243 e. The van der Waals surface area contributed by atoms with Gasteiger partial charge in [0.2, 0.25) is 5.91 Å². The average Bonchev–Trinajstić information content (AvgIpc) is 2.44. The van der Waals surface area contributed by atoms with Gasteiger partial charge >= 0.3 is 0 Å². The summed E-state index contributed by atoms with van der Waals surface area (Å²) in [5.41, 5.74) is 0. The van der Waals surface area contributed by atoms with Gasteiger partial charge in [-0.25, -0.2) is 0 Å². The summed E-state index contributed by atoms with van der Waals surface area (Å²) in [6.45, 7) is 7.46. The second-order valence-electron chi connectivity index (χ2n) is 3.79. The highest BCUT2D eigenvalue weighted by Gasteiger charge is 2.18. The van der Waals surface area contributed by atoms with Gasteiger partial charge in [-0.2, -0.15) is 5.10 Å². The molecule has 0 aliphatic heterocycles. The van der Waals surface area contributed by atoms with E-state index in [9.17, 15) is 4.79 Å². The van der Waals surface area contributed by atoms with Crippen molar-refractivity contribution in [2.24, 2.45) is 0 Å². The molecule has 0 saturated heterocycles. The number of aromatic nitrogens is 3. The van der Waals surface area contributed by atoms with Gasteiger partial charge in [0.1, 0.15) is 11.9 Å². The molecule has 6 heteroatoms. The van der Waals surface area contributed by atoms with Crippen LogP contribution < -0.4 is 5.32 Å². The van der Waals surface area contributed by atoms with E-state index in [0.717, 1.165) is 0 Å². The van der Waals surface area contributed by atoms with Crippen molar-refractivity contribution >= 4 is 18.1 Å². The Labute approximate surface area is 93.9 Å². The van der Waals surface area contributed by atoms with E-state index < -0.39 is 0 Å². The minimum absolute atomic E-state index is 0.0504. The predicted molar refractivity (Wildman–Crippen MR) is 60.1 cm³/mol. The molecule has 0 spiro atoms. The molecule has 0 saturated carbocycles. The zero-order valence-corrected chi connectivity index (χ0v) is 10.2. The zero-order chi connectivity index (χ0) is 11.6. The Bertz CT molecular complexity index is 406. The van der Waals surface area contributed by atoms with Crippen LogP contribution >= 0.6 is 12.2 Å². The second kappa shape index (κ2) is 4.57. The molecule has 1 aromatic rings. The number of rotatable bonds is 3. The molecule has 0 aliphatic carbocycles. The molecule has 1 amide bonds. The lowest BCUT2D eigenvalue weighted by Gasteiger charge is -2.16. The van der Waals surface area contributed by atoms with Gasteiger partial charge in [-0.05, 0) is 39.9 Å². The third-order valence-corrected chi connectivity index (χ3v) is 2.37. The zero-order valence-electron chi connectivity index (χ0n) is 9.37. The van der Waals surface area contributed by atoms with Crippen LogP contribution in [-0.2, 0) is 4.79 Å². The van der Waals surface area contributed by atoms with Crippen LogP contribution in [0.3, 0.4) is 0 Å². The minimum atomic E-state index is -0.335. The first-order chi connectivity index (χ1) is 6.93. The molecule has 15 heavy (non-hydrogen) atoms. The van der Waals surface area contributed by atoms with Crippen molar-refractivity contribution in [3.05, 3.63) is 10.6 Å². The molecule has 84 valence electrons. The standard InChI is InChI=1S/C9H16N4OS/c1-5(2)10-8(14)6(3)13-7(4)11-12-9(13)15/h5-6H,1-4H3,(H,10,14)(H,12,15). The van der Waals surface area contributed by atoms with E-state index in [0.29, 0.717) is 10.6 Å². The van der Waals surface area contributed by atoms with Gasteiger partial charge in [-0.1, -0.05) is 0 Å². The summed E-state index contributed by atoms with van der Waals surface area (Å²) in [4.78, 5) is 11.7. The van der Waals surface area contributed by atoms with Gasteiger partial charge in [-0.3, -0.25) is 14.5 Å². The molecule has 0 aliphatic rings. The van der Waals surface area contributed by atoms with Crippen LogP contribution in [-0.4, -0.2) is 26.7 Å². The molecular weight excluding hydrogens is 212 g/mol. The summed E-state index contributed by atoms with van der Waals surface area (Å²) >= 11 is 5.05. The van der Waals surface area contributed by atoms with Crippen molar-refractivity contribution in [3.63, 3.8) is 0 Å². The average molecular weight is 228 g/mol. The van der Waals surface area contributed by atoms with Gasteiger partial charge in [0.05, 0.1) is 0 Å². The summed E-state index contributed by atoms with van der Waals surface area (Å²) in [6, 6.07) is -0.208. The number of aryl methyl sites for hydroxylation is 1. The fraction of sp³-hybridized carbons (Fsp3) is 0.667. The maximum Gasteiger partial charge on any atom is 0.243 e. The Balaban J connectivity index is 2.90. The van der Waals surface area contributed by atoms with Crippen LogP contribution in [0.4, 0.5) is 0 Å². The third-order valence-electron chi connectivity index (χ3n) is 2.08. The summed E-state index contributed by atoms with van der Waals surface area (Å²) < 4.78 is 2.17. The third kappa shape index (κ3) is 2.65. The number of hydrogen-bond acceptors (Lipinski definition) is 3. The van der Waals surface area contributed by atoms with Crippen molar-refractivity contribution in [3.8, 4) is 0 Å². The van der Waals surface area contributed by atoms with Crippen molar-refractivity contribution in [1.82, 2.24) is 20.1 Å². The van der Waals surface area contributed by atoms with Crippen molar-refractivity contribution in [2.45, 2.75) is 39.8 Å². The predicted octanol–water partition coefficient (Wildman–Crippen LogP) is 1.33. The van der Waals surface area contributed by atoms with Crippen LogP contribution in [0.1, 0.15) is 32.6 Å². The molecule has 0 fully saturated rings. The molecule has 1 atom stereocenters. The maximum atomic E-state index is 11.7. The first-order valence-electron chi connectivity index (χ1n) is 4.87. The van der Waals surface area contributed by atoms with Crippen LogP contribution in [0, 0.1) is 11.7 Å². The van der Waals surface area contributed by atoms with E-state index >= 15 is 0 Å². The quantitative estimate of drug-likeness (QED) is 0.767. The van der Waals surface area contributed by atoms with Gasteiger partial charge < -0.3 is 5.32 Å². The molecule has 2 N–H and O–H groups in total. The van der Waals surface area contributed by atoms with E-state index in [1.165, 1.54) is 0 Å². The summed E-state index contributed by atoms with van der Waals surface area (Å²) in [5, 5.41) is 9.46. The van der Waals surface area contributed by atoms with Gasteiger partial charge in [0.15, 0.2) is 4.77 Å². The first kappa shape index (κ1) is 11.9. The molecule has 0 radical (unpaired) electrons. The minimum Gasteiger partial charge on any atom is -0.352 e. The summed E-state index contributed by atoms with van der Waals surface area (Å²) in [7, 11) is 0. The number of aromatic amines is 1. The maximum absolute atomic E-state index is 11.7. The number of amides is 1. The van der Waals surface area contributed by atoms with E-state index in [4.69, 9.17) is 12.2 Å². The van der Waals surface area contributed by atoms with Crippen molar-refractivity contribution in [2.75, 3.05) is 0 Å². The van der Waals surface area contributed by atoms with Crippen LogP contribution in [0.2, 0.25) is 0 Å². The van der Waals surface area contributed by atoms with Crippen LogP contribution in [0.25, 0.3) is 0 Å². The highest BCUT2D eigenvalue weighted by molar-refractivity contribution is 7.71. The number of hydrogen-bond donors (Lipinski definition) is 2. The SMILES string of the molecule is Cc1n[nH]c(=S)n1C(C)C(=O)NC(C)C. The summed E-state index contributed by atoms with van der Waals surface area (Å²) in [6.07, 6.45) is 0. The topological polar surface area (TPSA) is 62.7 Å². The fourth-order valence-corrected chi connectivity index (χ4v) is 1.70. The number of nitrogens with zero attached hydrogens (tertiary/aromatic N) is 2. The highest BCUT2D eigenvalue weighted by atomic mass is 32.1. The Kier molecular flexibility index (Phi) is 3.62. The van der Waals surface area contributed by atoms with Crippen molar-refractivity contribution in [1.29, 1.82) is 0 Å². The molecular formula is C9H16N4OS. The lowest BCUT2D eigenvalue weighted by Crippen LogP contribution is -2.36. The van der Waals surface area contributed by atoms with Gasteiger partial charge in [-0.15, -0.1) is 0 Å². The number of carbonyl (C=O) groups excluding carboxylic acids is 1.